The van der Waals surface area contributed by atoms with Crippen molar-refractivity contribution in [3.05, 3.63) is 27.6 Å². The number of amides is 1. The van der Waals surface area contributed by atoms with Crippen LogP contribution in [0, 0.1) is 6.92 Å². The van der Waals surface area contributed by atoms with Gasteiger partial charge in [0, 0.05) is 4.88 Å². The highest BCUT2D eigenvalue weighted by molar-refractivity contribution is 7.18. The number of ether oxygens (including phenoxy) is 1. The van der Waals surface area contributed by atoms with Crippen LogP contribution < -0.4 is 15.8 Å². The van der Waals surface area contributed by atoms with Gasteiger partial charge < -0.3 is 15.0 Å². The number of aryl methyl sites for hydroxylation is 1. The summed E-state index contributed by atoms with van der Waals surface area (Å²) < 4.78 is 6.67. The number of nitrogens with zero attached hydrogens (tertiary/aromatic N) is 2. The molecule has 3 heterocycles. The first-order valence-corrected chi connectivity index (χ1v) is 8.59. The van der Waals surface area contributed by atoms with E-state index in [2.05, 4.69) is 10.3 Å². The van der Waals surface area contributed by atoms with Gasteiger partial charge in [-0.1, -0.05) is 0 Å². The molecule has 7 nitrogen and oxygen atoms in total. The third-order valence-electron chi connectivity index (χ3n) is 3.96. The molecule has 2 aromatic heterocycles. The van der Waals surface area contributed by atoms with Gasteiger partial charge in [-0.15, -0.1) is 11.3 Å². The van der Waals surface area contributed by atoms with Gasteiger partial charge in [0.05, 0.1) is 38.0 Å². The molecule has 0 spiro atoms. The first-order valence-electron chi connectivity index (χ1n) is 7.77. The number of hydrogen-bond donors (Lipinski definition) is 2. The second kappa shape index (κ2) is 7.20. The maximum Gasteiger partial charge on any atom is 0.262 e. The number of quaternary nitrogens is 1. The second-order valence-electron chi connectivity index (χ2n) is 5.72. The van der Waals surface area contributed by atoms with Crippen molar-refractivity contribution in [2.24, 2.45) is 0 Å². The Morgan fingerprint density at radius 1 is 1.48 bits per heavy atom. The van der Waals surface area contributed by atoms with Gasteiger partial charge in [0.25, 0.3) is 5.56 Å². The summed E-state index contributed by atoms with van der Waals surface area (Å²) in [4.78, 5) is 31.8. The average molecular weight is 337 g/mol. The van der Waals surface area contributed by atoms with Gasteiger partial charge in [-0.3, -0.25) is 14.2 Å². The summed E-state index contributed by atoms with van der Waals surface area (Å²) >= 11 is 1.49. The molecule has 3 rings (SSSR count). The number of rotatable bonds is 5. The van der Waals surface area contributed by atoms with Crippen LogP contribution in [0.1, 0.15) is 4.88 Å². The lowest BCUT2D eigenvalue weighted by molar-refractivity contribution is -0.906. The highest BCUT2D eigenvalue weighted by Gasteiger charge is 2.14. The van der Waals surface area contributed by atoms with E-state index in [0.29, 0.717) is 11.9 Å². The molecular weight excluding hydrogens is 316 g/mol. The maximum absolute atomic E-state index is 12.3. The van der Waals surface area contributed by atoms with Crippen molar-refractivity contribution in [3.8, 4) is 0 Å². The van der Waals surface area contributed by atoms with Gasteiger partial charge in [-0.25, -0.2) is 4.98 Å². The first-order chi connectivity index (χ1) is 11.1. The Balaban J connectivity index is 1.55. The van der Waals surface area contributed by atoms with Gasteiger partial charge in [-0.2, -0.15) is 0 Å². The second-order valence-corrected chi connectivity index (χ2v) is 6.95. The number of morpholine rings is 1. The number of fused-ring (bicyclic) bond motifs is 1. The predicted molar refractivity (Wildman–Crippen MR) is 88.0 cm³/mol. The number of carbonyl (C=O) groups excluding carboxylic acids is 1. The first kappa shape index (κ1) is 16.1. The molecule has 1 saturated heterocycles. The summed E-state index contributed by atoms with van der Waals surface area (Å²) in [7, 11) is 0. The van der Waals surface area contributed by atoms with Crippen molar-refractivity contribution in [2.45, 2.75) is 13.5 Å². The number of thiophene rings is 1. The van der Waals surface area contributed by atoms with Crippen LogP contribution in [0.4, 0.5) is 0 Å². The molecule has 1 aliphatic heterocycles. The standard InChI is InChI=1S/C15H20N4O3S/c1-11-8-12-14(23-11)17-10-19(15(12)21)9-13(20)16-2-3-18-4-6-22-7-5-18/h8,10H,2-7,9H2,1H3,(H,16,20)/p+1. The Morgan fingerprint density at radius 2 is 2.26 bits per heavy atom. The summed E-state index contributed by atoms with van der Waals surface area (Å²) in [6, 6.07) is 1.82. The Labute approximate surface area is 137 Å². The number of aromatic nitrogens is 2. The van der Waals surface area contributed by atoms with Gasteiger partial charge in [0.1, 0.15) is 24.5 Å². The van der Waals surface area contributed by atoms with Crippen LogP contribution in [0.5, 0.6) is 0 Å². The number of carbonyl (C=O) groups is 1. The smallest absolute Gasteiger partial charge is 0.262 e. The van der Waals surface area contributed by atoms with Crippen LogP contribution >= 0.6 is 11.3 Å². The molecule has 1 fully saturated rings. The molecule has 1 aliphatic rings. The van der Waals surface area contributed by atoms with Crippen LogP contribution in [0.15, 0.2) is 17.2 Å². The summed E-state index contributed by atoms with van der Waals surface area (Å²) in [6.45, 7) is 6.96. The summed E-state index contributed by atoms with van der Waals surface area (Å²) in [5.41, 5.74) is -0.159. The molecule has 1 amide bonds. The van der Waals surface area contributed by atoms with Crippen molar-refractivity contribution in [2.75, 3.05) is 39.4 Å². The van der Waals surface area contributed by atoms with Crippen LogP contribution in [0.25, 0.3) is 10.2 Å². The monoisotopic (exact) mass is 337 g/mol. The molecule has 0 aromatic carbocycles. The van der Waals surface area contributed by atoms with E-state index in [1.54, 1.807) is 0 Å². The lowest BCUT2D eigenvalue weighted by atomic mass is 10.3. The van der Waals surface area contributed by atoms with Crippen molar-refractivity contribution < 1.29 is 14.4 Å². The summed E-state index contributed by atoms with van der Waals surface area (Å²) in [5, 5.41) is 3.46. The molecule has 0 atom stereocenters. The van der Waals surface area contributed by atoms with Gasteiger partial charge >= 0.3 is 0 Å². The average Bonchev–Trinajstić information content (AvgIpc) is 2.93. The van der Waals surface area contributed by atoms with Crippen LogP contribution in [-0.4, -0.2) is 54.9 Å². The zero-order chi connectivity index (χ0) is 16.2. The SMILES string of the molecule is Cc1cc2c(=O)n(CC(=O)NCC[NH+]3CCOCC3)cnc2s1. The topological polar surface area (TPSA) is 77.7 Å². The van der Waals surface area contributed by atoms with E-state index < -0.39 is 0 Å². The lowest BCUT2D eigenvalue weighted by Crippen LogP contribution is -3.14. The van der Waals surface area contributed by atoms with E-state index in [9.17, 15) is 9.59 Å². The van der Waals surface area contributed by atoms with Crippen LogP contribution in [-0.2, 0) is 16.1 Å². The molecule has 0 unspecified atom stereocenters. The fourth-order valence-electron chi connectivity index (χ4n) is 2.69. The van der Waals surface area contributed by atoms with Crippen LogP contribution in [0.3, 0.4) is 0 Å². The van der Waals surface area contributed by atoms with E-state index in [-0.39, 0.29) is 18.0 Å². The minimum absolute atomic E-state index is 0.00904. The normalized spacial score (nSPS) is 15.9. The van der Waals surface area contributed by atoms with Crippen molar-refractivity contribution >= 4 is 27.5 Å². The van der Waals surface area contributed by atoms with E-state index in [0.717, 1.165) is 42.6 Å². The Morgan fingerprint density at radius 3 is 3.04 bits per heavy atom. The molecule has 2 aromatic rings. The maximum atomic E-state index is 12.3. The predicted octanol–water partition coefficient (Wildman–Crippen LogP) is -1.20. The van der Waals surface area contributed by atoms with Crippen molar-refractivity contribution in [1.29, 1.82) is 0 Å². The van der Waals surface area contributed by atoms with E-state index in [1.165, 1.54) is 27.1 Å². The summed E-state index contributed by atoms with van der Waals surface area (Å²) in [6.07, 6.45) is 1.45. The van der Waals surface area contributed by atoms with Gasteiger partial charge in [0.2, 0.25) is 5.91 Å². The molecule has 124 valence electrons. The molecule has 23 heavy (non-hydrogen) atoms. The van der Waals surface area contributed by atoms with Crippen LogP contribution in [0.2, 0.25) is 0 Å². The molecule has 0 saturated carbocycles. The lowest BCUT2D eigenvalue weighted by Gasteiger charge is -2.23. The van der Waals surface area contributed by atoms with E-state index in [4.69, 9.17) is 4.74 Å². The highest BCUT2D eigenvalue weighted by Crippen LogP contribution is 2.19. The van der Waals surface area contributed by atoms with Crippen molar-refractivity contribution in [3.63, 3.8) is 0 Å². The zero-order valence-electron chi connectivity index (χ0n) is 13.1. The number of nitrogens with one attached hydrogen (secondary N) is 2. The zero-order valence-corrected chi connectivity index (χ0v) is 13.9. The third kappa shape index (κ3) is 3.95. The largest absolute Gasteiger partial charge is 0.370 e. The highest BCUT2D eigenvalue weighted by atomic mass is 32.1. The minimum atomic E-state index is -0.159. The Bertz CT molecular complexity index is 749. The Hall–Kier alpha value is -1.77. The molecule has 2 N–H and O–H groups in total. The fraction of sp³-hybridized carbons (Fsp3) is 0.533. The van der Waals surface area contributed by atoms with Crippen molar-refractivity contribution in [1.82, 2.24) is 14.9 Å². The Kier molecular flexibility index (Phi) is 5.04. The molecule has 0 bridgehead atoms. The minimum Gasteiger partial charge on any atom is -0.370 e. The van der Waals surface area contributed by atoms with Gasteiger partial charge in [0.15, 0.2) is 0 Å². The number of hydrogen-bond acceptors (Lipinski definition) is 5. The molecular formula is C15H21N4O3S+. The quantitative estimate of drug-likeness (QED) is 0.718. The van der Waals surface area contributed by atoms with Gasteiger partial charge in [-0.05, 0) is 13.0 Å². The summed E-state index contributed by atoms with van der Waals surface area (Å²) in [5.74, 6) is -0.159. The molecule has 0 radical (unpaired) electrons. The molecule has 0 aliphatic carbocycles. The third-order valence-corrected chi connectivity index (χ3v) is 4.91. The van der Waals surface area contributed by atoms with E-state index >= 15 is 0 Å². The molecule has 8 heteroatoms. The van der Waals surface area contributed by atoms with E-state index in [1.807, 2.05) is 13.0 Å². The fourth-order valence-corrected chi connectivity index (χ4v) is 3.53.